The van der Waals surface area contributed by atoms with E-state index in [4.69, 9.17) is 4.74 Å². The molecule has 0 amide bonds. The van der Waals surface area contributed by atoms with Crippen molar-refractivity contribution in [3.63, 3.8) is 0 Å². The highest BCUT2D eigenvalue weighted by atomic mass is 16.5. The van der Waals surface area contributed by atoms with Crippen LogP contribution < -0.4 is 10.1 Å². The molecule has 0 bridgehead atoms. The van der Waals surface area contributed by atoms with Crippen molar-refractivity contribution in [1.82, 2.24) is 5.32 Å². The summed E-state index contributed by atoms with van der Waals surface area (Å²) >= 11 is 0. The second kappa shape index (κ2) is 6.46. The first-order valence-corrected chi connectivity index (χ1v) is 5.66. The van der Waals surface area contributed by atoms with Crippen LogP contribution in [0.2, 0.25) is 0 Å². The Kier molecular flexibility index (Phi) is 5.19. The largest absolute Gasteiger partial charge is 0.491 e. The molecule has 84 valence electrons. The Bertz CT molecular complexity index is 286. The first-order valence-electron chi connectivity index (χ1n) is 5.66. The van der Waals surface area contributed by atoms with E-state index in [1.165, 1.54) is 5.56 Å². The molecular weight excluding hydrogens is 186 g/mol. The van der Waals surface area contributed by atoms with Crippen LogP contribution in [-0.2, 0) is 6.42 Å². The van der Waals surface area contributed by atoms with Crippen molar-refractivity contribution in [2.75, 3.05) is 13.6 Å². The third kappa shape index (κ3) is 4.34. The van der Waals surface area contributed by atoms with Crippen molar-refractivity contribution in [3.8, 4) is 5.75 Å². The van der Waals surface area contributed by atoms with Gasteiger partial charge in [-0.05, 0) is 51.1 Å². The van der Waals surface area contributed by atoms with Crippen molar-refractivity contribution in [1.29, 1.82) is 0 Å². The minimum atomic E-state index is 0.268. The van der Waals surface area contributed by atoms with Crippen LogP contribution in [-0.4, -0.2) is 19.7 Å². The number of nitrogens with one attached hydrogen (secondary N) is 1. The van der Waals surface area contributed by atoms with Gasteiger partial charge in [-0.1, -0.05) is 19.1 Å². The average molecular weight is 207 g/mol. The van der Waals surface area contributed by atoms with Crippen molar-refractivity contribution < 1.29 is 4.74 Å². The van der Waals surface area contributed by atoms with E-state index in [1.54, 1.807) is 0 Å². The normalized spacial score (nSPS) is 12.5. The molecule has 1 aromatic carbocycles. The quantitative estimate of drug-likeness (QED) is 0.774. The van der Waals surface area contributed by atoms with E-state index >= 15 is 0 Å². The van der Waals surface area contributed by atoms with E-state index in [0.29, 0.717) is 0 Å². The van der Waals surface area contributed by atoms with Crippen LogP contribution in [0.15, 0.2) is 24.3 Å². The molecule has 0 saturated heterocycles. The summed E-state index contributed by atoms with van der Waals surface area (Å²) in [4.78, 5) is 0. The summed E-state index contributed by atoms with van der Waals surface area (Å²) in [5, 5.41) is 3.13. The lowest BCUT2D eigenvalue weighted by Crippen LogP contribution is -2.19. The number of ether oxygens (including phenoxy) is 1. The smallest absolute Gasteiger partial charge is 0.119 e. The van der Waals surface area contributed by atoms with Gasteiger partial charge in [0.2, 0.25) is 0 Å². The molecule has 0 saturated carbocycles. The van der Waals surface area contributed by atoms with E-state index in [-0.39, 0.29) is 6.10 Å². The Labute approximate surface area is 92.6 Å². The second-order valence-electron chi connectivity index (χ2n) is 3.82. The van der Waals surface area contributed by atoms with Gasteiger partial charge in [0.1, 0.15) is 5.75 Å². The molecule has 1 rings (SSSR count). The van der Waals surface area contributed by atoms with Gasteiger partial charge in [-0.3, -0.25) is 0 Å². The molecule has 1 unspecified atom stereocenters. The molecule has 0 spiro atoms. The molecule has 2 heteroatoms. The summed E-state index contributed by atoms with van der Waals surface area (Å²) in [5.41, 5.74) is 1.33. The van der Waals surface area contributed by atoms with Gasteiger partial charge in [0.05, 0.1) is 6.10 Å². The van der Waals surface area contributed by atoms with Crippen molar-refractivity contribution in [2.24, 2.45) is 0 Å². The number of rotatable bonds is 6. The minimum Gasteiger partial charge on any atom is -0.491 e. The van der Waals surface area contributed by atoms with Gasteiger partial charge >= 0.3 is 0 Å². The molecule has 0 aromatic heterocycles. The zero-order chi connectivity index (χ0) is 11.1. The summed E-state index contributed by atoms with van der Waals surface area (Å²) in [6.07, 6.45) is 2.36. The number of aryl methyl sites for hydroxylation is 1. The summed E-state index contributed by atoms with van der Waals surface area (Å²) < 4.78 is 5.82. The lowest BCUT2D eigenvalue weighted by Gasteiger charge is -2.14. The number of hydrogen-bond acceptors (Lipinski definition) is 2. The molecule has 0 aliphatic carbocycles. The highest BCUT2D eigenvalue weighted by Gasteiger charge is 2.03. The van der Waals surface area contributed by atoms with Gasteiger partial charge in [-0.2, -0.15) is 0 Å². The second-order valence-corrected chi connectivity index (χ2v) is 3.82. The maximum Gasteiger partial charge on any atom is 0.119 e. The molecule has 2 nitrogen and oxygen atoms in total. The third-order valence-electron chi connectivity index (χ3n) is 2.44. The van der Waals surface area contributed by atoms with Gasteiger partial charge in [0.15, 0.2) is 0 Å². The van der Waals surface area contributed by atoms with Crippen LogP contribution in [0.25, 0.3) is 0 Å². The Morgan fingerprint density at radius 2 is 2.20 bits per heavy atom. The lowest BCUT2D eigenvalue weighted by molar-refractivity contribution is 0.211. The highest BCUT2D eigenvalue weighted by molar-refractivity contribution is 5.28. The van der Waals surface area contributed by atoms with Crippen molar-refractivity contribution in [3.05, 3.63) is 29.8 Å². The Balaban J connectivity index is 2.48. The summed E-state index contributed by atoms with van der Waals surface area (Å²) in [5.74, 6) is 0.984. The van der Waals surface area contributed by atoms with Gasteiger partial charge in [-0.25, -0.2) is 0 Å². The van der Waals surface area contributed by atoms with E-state index in [2.05, 4.69) is 37.4 Å². The van der Waals surface area contributed by atoms with E-state index in [1.807, 2.05) is 13.1 Å². The van der Waals surface area contributed by atoms with Gasteiger partial charge in [0, 0.05) is 0 Å². The summed E-state index contributed by atoms with van der Waals surface area (Å²) in [7, 11) is 1.96. The SMILES string of the molecule is CCc1cccc(OC(C)CCNC)c1. The van der Waals surface area contributed by atoms with Crippen LogP contribution in [0, 0.1) is 0 Å². The summed E-state index contributed by atoms with van der Waals surface area (Å²) in [6, 6.07) is 8.33. The summed E-state index contributed by atoms with van der Waals surface area (Å²) in [6.45, 7) is 5.26. The fourth-order valence-corrected chi connectivity index (χ4v) is 1.48. The molecule has 15 heavy (non-hydrogen) atoms. The topological polar surface area (TPSA) is 21.3 Å². The van der Waals surface area contributed by atoms with Crippen molar-refractivity contribution >= 4 is 0 Å². The fraction of sp³-hybridized carbons (Fsp3) is 0.538. The molecule has 0 aliphatic rings. The third-order valence-corrected chi connectivity index (χ3v) is 2.44. The van der Waals surface area contributed by atoms with Gasteiger partial charge in [-0.15, -0.1) is 0 Å². The Morgan fingerprint density at radius 1 is 1.40 bits per heavy atom. The maximum absolute atomic E-state index is 5.82. The van der Waals surface area contributed by atoms with E-state index < -0.39 is 0 Å². The van der Waals surface area contributed by atoms with E-state index in [9.17, 15) is 0 Å². The highest BCUT2D eigenvalue weighted by Crippen LogP contribution is 2.15. The Hall–Kier alpha value is -1.02. The zero-order valence-corrected chi connectivity index (χ0v) is 9.92. The minimum absolute atomic E-state index is 0.268. The predicted octanol–water partition coefficient (Wildman–Crippen LogP) is 2.63. The molecule has 0 heterocycles. The Morgan fingerprint density at radius 3 is 2.87 bits per heavy atom. The molecule has 1 atom stereocenters. The standard InChI is InChI=1S/C13H21NO/c1-4-12-6-5-7-13(10-12)15-11(2)8-9-14-3/h5-7,10-11,14H,4,8-9H2,1-3H3. The molecule has 0 radical (unpaired) electrons. The number of hydrogen-bond donors (Lipinski definition) is 1. The maximum atomic E-state index is 5.82. The van der Waals surface area contributed by atoms with E-state index in [0.717, 1.165) is 25.1 Å². The van der Waals surface area contributed by atoms with Crippen LogP contribution in [0.4, 0.5) is 0 Å². The molecule has 0 fully saturated rings. The molecule has 1 aromatic rings. The van der Waals surface area contributed by atoms with Crippen LogP contribution in [0.3, 0.4) is 0 Å². The molecule has 1 N–H and O–H groups in total. The monoisotopic (exact) mass is 207 g/mol. The molecular formula is C13H21NO. The molecule has 0 aliphatic heterocycles. The zero-order valence-electron chi connectivity index (χ0n) is 9.92. The van der Waals surface area contributed by atoms with Gasteiger partial charge in [0.25, 0.3) is 0 Å². The van der Waals surface area contributed by atoms with Gasteiger partial charge < -0.3 is 10.1 Å². The van der Waals surface area contributed by atoms with Crippen LogP contribution in [0.5, 0.6) is 5.75 Å². The fourth-order valence-electron chi connectivity index (χ4n) is 1.48. The van der Waals surface area contributed by atoms with Crippen LogP contribution in [0.1, 0.15) is 25.8 Å². The first kappa shape index (κ1) is 12.1. The van der Waals surface area contributed by atoms with Crippen molar-refractivity contribution in [2.45, 2.75) is 32.8 Å². The average Bonchev–Trinajstić information content (AvgIpc) is 2.26. The number of benzene rings is 1. The lowest BCUT2D eigenvalue weighted by atomic mass is 10.1. The predicted molar refractivity (Wildman–Crippen MR) is 64.5 cm³/mol. The van der Waals surface area contributed by atoms with Crippen LogP contribution >= 0.6 is 0 Å². The first-order chi connectivity index (χ1) is 7.26.